The van der Waals surface area contributed by atoms with E-state index in [-0.39, 0.29) is 17.8 Å². The number of rotatable bonds is 6. The molecular weight excluding hydrogens is 320 g/mol. The highest BCUT2D eigenvalue weighted by Crippen LogP contribution is 2.27. The molecule has 0 bridgehead atoms. The Kier molecular flexibility index (Phi) is 5.60. The summed E-state index contributed by atoms with van der Waals surface area (Å²) in [5.74, 6) is 0.770. The van der Waals surface area contributed by atoms with E-state index in [2.05, 4.69) is 5.32 Å². The second kappa shape index (κ2) is 8.07. The minimum atomic E-state index is -0.694. The van der Waals surface area contributed by atoms with Gasteiger partial charge in [-0.3, -0.25) is 0 Å². The lowest BCUT2D eigenvalue weighted by Crippen LogP contribution is -2.43. The molecule has 2 atom stereocenters. The van der Waals surface area contributed by atoms with Crippen LogP contribution in [0.15, 0.2) is 47.1 Å². The van der Waals surface area contributed by atoms with E-state index in [9.17, 15) is 15.0 Å². The number of carbonyl (C=O) groups is 1. The van der Waals surface area contributed by atoms with Crippen molar-refractivity contribution in [2.75, 3.05) is 13.1 Å². The number of aliphatic hydroxyl groups excluding tert-OH is 1. The van der Waals surface area contributed by atoms with Gasteiger partial charge in [0.25, 0.3) is 0 Å². The zero-order chi connectivity index (χ0) is 17.6. The van der Waals surface area contributed by atoms with Crippen LogP contribution in [0.4, 0.5) is 4.79 Å². The third kappa shape index (κ3) is 4.54. The van der Waals surface area contributed by atoms with E-state index in [0.717, 1.165) is 18.4 Å². The van der Waals surface area contributed by atoms with Crippen molar-refractivity contribution in [2.24, 2.45) is 0 Å². The summed E-state index contributed by atoms with van der Waals surface area (Å²) in [5.41, 5.74) is 0.978. The molecule has 1 aromatic carbocycles. The number of aliphatic hydroxyl groups is 1. The van der Waals surface area contributed by atoms with Crippen molar-refractivity contribution in [3.63, 3.8) is 0 Å². The van der Waals surface area contributed by atoms with Gasteiger partial charge in [0.1, 0.15) is 17.6 Å². The highest BCUT2D eigenvalue weighted by Gasteiger charge is 2.31. The number of nitrogens with one attached hydrogen (secondary N) is 1. The van der Waals surface area contributed by atoms with Gasteiger partial charge in [-0.1, -0.05) is 12.1 Å². The van der Waals surface area contributed by atoms with Gasteiger partial charge >= 0.3 is 6.03 Å². The highest BCUT2D eigenvalue weighted by molar-refractivity contribution is 5.74. The second-order valence-electron chi connectivity index (χ2n) is 6.41. The zero-order valence-electron chi connectivity index (χ0n) is 14.1. The quantitative estimate of drug-likeness (QED) is 0.752. The van der Waals surface area contributed by atoms with Gasteiger partial charge in [0.2, 0.25) is 0 Å². The maximum Gasteiger partial charge on any atom is 0.317 e. The number of hydrogen-bond donors (Lipinski definition) is 3. The molecule has 3 N–H and O–H groups in total. The van der Waals surface area contributed by atoms with Gasteiger partial charge in [-0.25, -0.2) is 4.79 Å². The number of carbonyl (C=O) groups excluding carboxylic acids is 1. The smallest absolute Gasteiger partial charge is 0.317 e. The largest absolute Gasteiger partial charge is 0.508 e. The molecule has 0 spiro atoms. The second-order valence-corrected chi connectivity index (χ2v) is 6.41. The molecular formula is C19H24N2O4. The first-order valence-electron chi connectivity index (χ1n) is 8.67. The van der Waals surface area contributed by atoms with Gasteiger partial charge in [-0.15, -0.1) is 0 Å². The Labute approximate surface area is 147 Å². The molecule has 6 nitrogen and oxygen atoms in total. The van der Waals surface area contributed by atoms with E-state index in [1.54, 1.807) is 41.5 Å². The molecule has 2 amide bonds. The molecule has 1 aliphatic rings. The van der Waals surface area contributed by atoms with E-state index in [0.29, 0.717) is 31.7 Å². The van der Waals surface area contributed by atoms with E-state index >= 15 is 0 Å². The first-order chi connectivity index (χ1) is 12.1. The monoisotopic (exact) mass is 344 g/mol. The van der Waals surface area contributed by atoms with Gasteiger partial charge in [-0.2, -0.15) is 0 Å². The number of benzene rings is 1. The molecule has 1 fully saturated rings. The lowest BCUT2D eigenvalue weighted by molar-refractivity contribution is 0.108. The third-order valence-electron chi connectivity index (χ3n) is 4.61. The molecule has 1 aliphatic heterocycles. The fourth-order valence-electron chi connectivity index (χ4n) is 3.33. The fraction of sp³-hybridized carbons (Fsp3) is 0.421. The van der Waals surface area contributed by atoms with E-state index in [1.807, 2.05) is 6.07 Å². The van der Waals surface area contributed by atoms with Crippen LogP contribution in [0.1, 0.15) is 36.7 Å². The summed E-state index contributed by atoms with van der Waals surface area (Å²) in [5, 5.41) is 22.6. The molecule has 6 heteroatoms. The van der Waals surface area contributed by atoms with Crippen LogP contribution in [-0.4, -0.2) is 40.3 Å². The summed E-state index contributed by atoms with van der Waals surface area (Å²) >= 11 is 0. The van der Waals surface area contributed by atoms with Crippen LogP contribution in [0.25, 0.3) is 0 Å². The number of nitrogens with zero attached hydrogens (tertiary/aromatic N) is 1. The summed E-state index contributed by atoms with van der Waals surface area (Å²) in [6.07, 6.45) is 3.81. The molecule has 2 aromatic rings. The average molecular weight is 344 g/mol. The van der Waals surface area contributed by atoms with E-state index in [1.165, 1.54) is 0 Å². The first kappa shape index (κ1) is 17.4. The van der Waals surface area contributed by atoms with Crippen LogP contribution in [0.3, 0.4) is 0 Å². The number of aromatic hydroxyl groups is 1. The lowest BCUT2D eigenvalue weighted by Gasteiger charge is -2.26. The van der Waals surface area contributed by atoms with E-state index < -0.39 is 6.10 Å². The third-order valence-corrected chi connectivity index (χ3v) is 4.61. The van der Waals surface area contributed by atoms with Gasteiger partial charge in [0.15, 0.2) is 0 Å². The summed E-state index contributed by atoms with van der Waals surface area (Å²) in [6, 6.07) is 10.4. The van der Waals surface area contributed by atoms with Gasteiger partial charge < -0.3 is 24.8 Å². The summed E-state index contributed by atoms with van der Waals surface area (Å²) < 4.78 is 5.24. The van der Waals surface area contributed by atoms with Gasteiger partial charge in [0.05, 0.1) is 6.26 Å². The van der Waals surface area contributed by atoms with Crippen LogP contribution >= 0.6 is 0 Å². The molecule has 2 heterocycles. The van der Waals surface area contributed by atoms with Crippen molar-refractivity contribution in [2.45, 2.75) is 37.8 Å². The summed E-state index contributed by atoms with van der Waals surface area (Å²) in [6.45, 7) is 1.21. The van der Waals surface area contributed by atoms with Crippen molar-refractivity contribution >= 4 is 6.03 Å². The Morgan fingerprint density at radius 1 is 1.36 bits per heavy atom. The predicted octanol–water partition coefficient (Wildman–Crippen LogP) is 2.83. The van der Waals surface area contributed by atoms with Crippen molar-refractivity contribution in [1.82, 2.24) is 10.2 Å². The van der Waals surface area contributed by atoms with Crippen LogP contribution < -0.4 is 5.32 Å². The van der Waals surface area contributed by atoms with Crippen molar-refractivity contribution in [3.05, 3.63) is 54.0 Å². The molecule has 1 saturated heterocycles. The SMILES string of the molecule is O=C(NCCc1cccc(O)c1)N1CCCC1CC(O)c1ccco1. The Hall–Kier alpha value is -2.47. The number of phenols is 1. The maximum absolute atomic E-state index is 12.4. The molecule has 134 valence electrons. The highest BCUT2D eigenvalue weighted by atomic mass is 16.4. The number of furan rings is 1. The molecule has 25 heavy (non-hydrogen) atoms. The summed E-state index contributed by atoms with van der Waals surface area (Å²) in [4.78, 5) is 14.2. The Morgan fingerprint density at radius 2 is 2.24 bits per heavy atom. The van der Waals surface area contributed by atoms with Gasteiger partial charge in [0, 0.05) is 25.6 Å². The number of phenolic OH excluding ortho intramolecular Hbond substituents is 1. The molecule has 2 unspecified atom stereocenters. The maximum atomic E-state index is 12.4. The minimum Gasteiger partial charge on any atom is -0.508 e. The number of likely N-dealkylation sites (tertiary alicyclic amines) is 1. The Bertz CT molecular complexity index is 686. The average Bonchev–Trinajstić information content (AvgIpc) is 3.26. The van der Waals surface area contributed by atoms with Crippen molar-refractivity contribution in [1.29, 1.82) is 0 Å². The van der Waals surface area contributed by atoms with Crippen LogP contribution in [0.2, 0.25) is 0 Å². The first-order valence-corrected chi connectivity index (χ1v) is 8.67. The number of hydrogen-bond acceptors (Lipinski definition) is 4. The minimum absolute atomic E-state index is 0.0147. The Balaban J connectivity index is 1.48. The molecule has 0 radical (unpaired) electrons. The molecule has 0 aliphatic carbocycles. The fourth-order valence-corrected chi connectivity index (χ4v) is 3.33. The topological polar surface area (TPSA) is 85.9 Å². The molecule has 3 rings (SSSR count). The van der Waals surface area contributed by atoms with E-state index in [4.69, 9.17) is 4.42 Å². The standard InChI is InChI=1S/C19H24N2O4/c22-16-6-1-4-14(12-16)8-9-20-19(24)21-10-2-5-15(21)13-17(23)18-7-3-11-25-18/h1,3-4,6-7,11-12,15,17,22-23H,2,5,8-10,13H2,(H,20,24). The van der Waals surface area contributed by atoms with Crippen LogP contribution in [-0.2, 0) is 6.42 Å². The van der Waals surface area contributed by atoms with Crippen molar-refractivity contribution in [3.8, 4) is 5.75 Å². The summed E-state index contributed by atoms with van der Waals surface area (Å²) in [7, 11) is 0. The number of urea groups is 1. The Morgan fingerprint density at radius 3 is 3.00 bits per heavy atom. The molecule has 0 saturated carbocycles. The molecule has 1 aromatic heterocycles. The lowest BCUT2D eigenvalue weighted by atomic mass is 10.1. The van der Waals surface area contributed by atoms with Crippen LogP contribution in [0, 0.1) is 0 Å². The normalized spacial score (nSPS) is 18.3. The van der Waals surface area contributed by atoms with Gasteiger partial charge in [-0.05, 0) is 49.1 Å². The predicted molar refractivity (Wildman–Crippen MR) is 93.2 cm³/mol. The zero-order valence-corrected chi connectivity index (χ0v) is 14.1. The van der Waals surface area contributed by atoms with Crippen LogP contribution in [0.5, 0.6) is 5.75 Å². The van der Waals surface area contributed by atoms with Crippen molar-refractivity contribution < 1.29 is 19.4 Å². The number of amides is 2.